The highest BCUT2D eigenvalue weighted by molar-refractivity contribution is 5.67. The lowest BCUT2D eigenvalue weighted by Crippen LogP contribution is -2.35. The van der Waals surface area contributed by atoms with Crippen molar-refractivity contribution in [2.24, 2.45) is 5.92 Å². The lowest BCUT2D eigenvalue weighted by Gasteiger charge is -2.21. The van der Waals surface area contributed by atoms with E-state index in [0.29, 0.717) is 12.5 Å². The van der Waals surface area contributed by atoms with E-state index < -0.39 is 5.60 Å². The summed E-state index contributed by atoms with van der Waals surface area (Å²) in [5.41, 5.74) is -0.420. The SMILES string of the molecule is CC.CC(CCN(C)C)CNC(=O)OC(C)(C)C. The van der Waals surface area contributed by atoms with E-state index in [2.05, 4.69) is 17.1 Å². The van der Waals surface area contributed by atoms with E-state index in [0.717, 1.165) is 13.0 Å². The summed E-state index contributed by atoms with van der Waals surface area (Å²) < 4.78 is 5.15. The molecule has 1 atom stereocenters. The van der Waals surface area contributed by atoms with Crippen molar-refractivity contribution in [3.63, 3.8) is 0 Å². The summed E-state index contributed by atoms with van der Waals surface area (Å²) in [6, 6.07) is 0. The predicted octanol–water partition coefficient (Wildman–Crippen LogP) is 3.13. The number of amides is 1. The molecule has 1 amide bonds. The normalized spacial score (nSPS) is 12.5. The van der Waals surface area contributed by atoms with Crippen LogP contribution in [0.4, 0.5) is 4.79 Å². The smallest absolute Gasteiger partial charge is 0.407 e. The van der Waals surface area contributed by atoms with Gasteiger partial charge < -0.3 is 15.0 Å². The highest BCUT2D eigenvalue weighted by Gasteiger charge is 2.16. The van der Waals surface area contributed by atoms with Crippen molar-refractivity contribution >= 4 is 6.09 Å². The summed E-state index contributed by atoms with van der Waals surface area (Å²) in [6.45, 7) is 13.4. The number of alkyl carbamates (subject to hydrolysis) is 1. The van der Waals surface area contributed by atoms with Gasteiger partial charge in [-0.25, -0.2) is 4.79 Å². The fourth-order valence-electron chi connectivity index (χ4n) is 1.15. The molecule has 0 spiro atoms. The molecule has 0 aliphatic rings. The van der Waals surface area contributed by atoms with E-state index in [9.17, 15) is 4.79 Å². The van der Waals surface area contributed by atoms with Gasteiger partial charge in [0.05, 0.1) is 0 Å². The Morgan fingerprint density at radius 1 is 1.28 bits per heavy atom. The van der Waals surface area contributed by atoms with Gasteiger partial charge in [-0.3, -0.25) is 0 Å². The van der Waals surface area contributed by atoms with Crippen LogP contribution in [-0.2, 0) is 4.74 Å². The summed E-state index contributed by atoms with van der Waals surface area (Å²) in [4.78, 5) is 13.5. The number of nitrogens with zero attached hydrogens (tertiary/aromatic N) is 1. The van der Waals surface area contributed by atoms with Gasteiger partial charge in [-0.2, -0.15) is 0 Å². The van der Waals surface area contributed by atoms with Crippen LogP contribution in [0.1, 0.15) is 48.0 Å². The Hall–Kier alpha value is -0.770. The molecule has 18 heavy (non-hydrogen) atoms. The summed E-state index contributed by atoms with van der Waals surface area (Å²) >= 11 is 0. The standard InChI is InChI=1S/C12H26N2O2.C2H6/c1-10(7-8-14(5)6)9-13-11(15)16-12(2,3)4;1-2/h10H,7-9H2,1-6H3,(H,13,15);1-2H3. The molecule has 4 heteroatoms. The van der Waals surface area contributed by atoms with Gasteiger partial charge in [0.1, 0.15) is 5.60 Å². The molecule has 0 heterocycles. The average Bonchev–Trinajstić information content (AvgIpc) is 2.24. The van der Waals surface area contributed by atoms with Gasteiger partial charge >= 0.3 is 6.09 Å². The Kier molecular flexibility index (Phi) is 11.1. The van der Waals surface area contributed by atoms with E-state index >= 15 is 0 Å². The molecule has 0 aromatic carbocycles. The topological polar surface area (TPSA) is 41.6 Å². The molecular formula is C14H32N2O2. The van der Waals surface area contributed by atoms with Gasteiger partial charge in [0.25, 0.3) is 0 Å². The molecule has 0 aromatic heterocycles. The molecule has 0 radical (unpaired) electrons. The molecule has 0 bridgehead atoms. The van der Waals surface area contributed by atoms with Gasteiger partial charge in [0.2, 0.25) is 0 Å². The second-order valence-corrected chi connectivity index (χ2v) is 5.58. The van der Waals surface area contributed by atoms with Crippen molar-refractivity contribution in [1.82, 2.24) is 10.2 Å². The van der Waals surface area contributed by atoms with Crippen LogP contribution in [0.3, 0.4) is 0 Å². The molecule has 0 saturated heterocycles. The number of carbonyl (C=O) groups excluding carboxylic acids is 1. The van der Waals surface area contributed by atoms with Crippen molar-refractivity contribution in [2.45, 2.75) is 53.6 Å². The zero-order valence-corrected chi connectivity index (χ0v) is 13.5. The highest BCUT2D eigenvalue weighted by Crippen LogP contribution is 2.07. The minimum Gasteiger partial charge on any atom is -0.444 e. The van der Waals surface area contributed by atoms with Gasteiger partial charge in [0, 0.05) is 6.54 Å². The number of nitrogens with one attached hydrogen (secondary N) is 1. The Labute approximate surface area is 113 Å². The molecule has 110 valence electrons. The largest absolute Gasteiger partial charge is 0.444 e. The summed E-state index contributed by atoms with van der Waals surface area (Å²) in [7, 11) is 4.10. The van der Waals surface area contributed by atoms with Crippen LogP contribution in [0, 0.1) is 5.92 Å². The van der Waals surface area contributed by atoms with Crippen molar-refractivity contribution in [3.8, 4) is 0 Å². The van der Waals surface area contributed by atoms with Crippen molar-refractivity contribution in [3.05, 3.63) is 0 Å². The number of rotatable bonds is 5. The maximum absolute atomic E-state index is 11.4. The van der Waals surface area contributed by atoms with Crippen LogP contribution in [-0.4, -0.2) is 43.8 Å². The first-order valence-corrected chi connectivity index (χ1v) is 6.82. The van der Waals surface area contributed by atoms with Gasteiger partial charge in [-0.1, -0.05) is 20.8 Å². The molecule has 0 aromatic rings. The molecule has 0 aliphatic heterocycles. The average molecular weight is 260 g/mol. The van der Waals surface area contributed by atoms with Crippen LogP contribution in [0.2, 0.25) is 0 Å². The Morgan fingerprint density at radius 3 is 2.17 bits per heavy atom. The highest BCUT2D eigenvalue weighted by atomic mass is 16.6. The number of carbonyl (C=O) groups is 1. The van der Waals surface area contributed by atoms with E-state index in [1.807, 2.05) is 48.7 Å². The Bertz CT molecular complexity index is 210. The molecule has 0 fully saturated rings. The molecule has 4 nitrogen and oxygen atoms in total. The van der Waals surface area contributed by atoms with Crippen LogP contribution in [0.25, 0.3) is 0 Å². The molecule has 0 saturated carbocycles. The number of ether oxygens (including phenoxy) is 1. The van der Waals surface area contributed by atoms with Gasteiger partial charge in [-0.15, -0.1) is 0 Å². The zero-order valence-electron chi connectivity index (χ0n) is 13.5. The number of hydrogen-bond acceptors (Lipinski definition) is 3. The van der Waals surface area contributed by atoms with Crippen molar-refractivity contribution in [1.29, 1.82) is 0 Å². The Morgan fingerprint density at radius 2 is 1.78 bits per heavy atom. The summed E-state index contributed by atoms with van der Waals surface area (Å²) in [5, 5.41) is 2.78. The summed E-state index contributed by atoms with van der Waals surface area (Å²) in [5.74, 6) is 0.468. The molecule has 0 rings (SSSR count). The third kappa shape index (κ3) is 15.2. The maximum Gasteiger partial charge on any atom is 0.407 e. The van der Waals surface area contributed by atoms with Gasteiger partial charge in [-0.05, 0) is 53.8 Å². The van der Waals surface area contributed by atoms with Crippen LogP contribution >= 0.6 is 0 Å². The summed E-state index contributed by atoms with van der Waals surface area (Å²) in [6.07, 6.45) is 0.743. The van der Waals surface area contributed by atoms with E-state index in [4.69, 9.17) is 4.74 Å². The maximum atomic E-state index is 11.4. The van der Waals surface area contributed by atoms with Crippen molar-refractivity contribution < 1.29 is 9.53 Å². The third-order valence-corrected chi connectivity index (χ3v) is 2.06. The first-order chi connectivity index (χ1) is 8.20. The Balaban J connectivity index is 0. The van der Waals surface area contributed by atoms with E-state index in [1.165, 1.54) is 0 Å². The predicted molar refractivity (Wildman–Crippen MR) is 77.9 cm³/mol. The fraction of sp³-hybridized carbons (Fsp3) is 0.929. The third-order valence-electron chi connectivity index (χ3n) is 2.06. The minimum atomic E-state index is -0.420. The quantitative estimate of drug-likeness (QED) is 0.825. The zero-order chi connectivity index (χ0) is 14.8. The number of hydrogen-bond donors (Lipinski definition) is 1. The monoisotopic (exact) mass is 260 g/mol. The second kappa shape index (κ2) is 10.2. The molecular weight excluding hydrogens is 228 g/mol. The first kappa shape index (κ1) is 19.6. The van der Waals surface area contributed by atoms with Crippen molar-refractivity contribution in [2.75, 3.05) is 27.2 Å². The first-order valence-electron chi connectivity index (χ1n) is 6.82. The molecule has 0 aliphatic carbocycles. The van der Waals surface area contributed by atoms with Crippen LogP contribution in [0.5, 0.6) is 0 Å². The second-order valence-electron chi connectivity index (χ2n) is 5.58. The van der Waals surface area contributed by atoms with Crippen LogP contribution < -0.4 is 5.32 Å². The lowest BCUT2D eigenvalue weighted by atomic mass is 10.1. The fourth-order valence-corrected chi connectivity index (χ4v) is 1.15. The van der Waals surface area contributed by atoms with E-state index in [-0.39, 0.29) is 6.09 Å². The molecule has 1 unspecified atom stereocenters. The minimum absolute atomic E-state index is 0.329. The van der Waals surface area contributed by atoms with Gasteiger partial charge in [0.15, 0.2) is 0 Å². The molecule has 1 N–H and O–H groups in total. The van der Waals surface area contributed by atoms with Crippen LogP contribution in [0.15, 0.2) is 0 Å². The van der Waals surface area contributed by atoms with E-state index in [1.54, 1.807) is 0 Å². The lowest BCUT2D eigenvalue weighted by molar-refractivity contribution is 0.0519.